The largest absolute Gasteiger partial charge is 0.377 e. The Morgan fingerprint density at radius 2 is 1.93 bits per heavy atom. The third-order valence-corrected chi connectivity index (χ3v) is 7.41. The second-order valence-corrected chi connectivity index (χ2v) is 10.1. The van der Waals surface area contributed by atoms with Crippen LogP contribution in [-0.2, 0) is 4.74 Å². The van der Waals surface area contributed by atoms with Crippen molar-refractivity contribution in [1.82, 2.24) is 25.0 Å². The molecule has 40 heavy (non-hydrogen) atoms. The lowest BCUT2D eigenvalue weighted by Crippen LogP contribution is -2.31. The zero-order valence-electron chi connectivity index (χ0n) is 21.8. The van der Waals surface area contributed by atoms with E-state index in [4.69, 9.17) is 16.3 Å². The third-order valence-electron chi connectivity index (χ3n) is 7.12. The number of aromatic nitrogens is 5. The van der Waals surface area contributed by atoms with Crippen molar-refractivity contribution in [3.05, 3.63) is 107 Å². The first-order valence-electron chi connectivity index (χ1n) is 13.1. The first kappa shape index (κ1) is 25.7. The molecule has 0 spiro atoms. The second-order valence-electron chi connectivity index (χ2n) is 9.71. The van der Waals surface area contributed by atoms with E-state index in [9.17, 15) is 5.26 Å². The number of anilines is 2. The van der Waals surface area contributed by atoms with E-state index in [0.717, 1.165) is 34.3 Å². The lowest BCUT2D eigenvalue weighted by Gasteiger charge is -2.25. The molecule has 10 heteroatoms. The molecule has 4 heterocycles. The Hall–Kier alpha value is -4.52. The summed E-state index contributed by atoms with van der Waals surface area (Å²) in [6.45, 7) is 3.36. The highest BCUT2D eigenvalue weighted by Crippen LogP contribution is 2.37. The Kier molecular flexibility index (Phi) is 7.27. The van der Waals surface area contributed by atoms with E-state index >= 15 is 0 Å². The number of nitrogens with zero attached hydrogens (tertiary/aromatic N) is 6. The number of nitriles is 1. The number of nitrogens with one attached hydrogen (secondary N) is 2. The summed E-state index contributed by atoms with van der Waals surface area (Å²) in [6.07, 6.45) is 7.88. The minimum atomic E-state index is -0.340. The Bertz CT molecular complexity index is 1660. The van der Waals surface area contributed by atoms with Crippen LogP contribution in [0.2, 0.25) is 5.02 Å². The summed E-state index contributed by atoms with van der Waals surface area (Å²) in [6, 6.07) is 20.0. The van der Waals surface area contributed by atoms with Crippen LogP contribution < -0.4 is 10.6 Å². The Balaban J connectivity index is 1.41. The predicted octanol–water partition coefficient (Wildman–Crippen LogP) is 6.08. The molecule has 200 valence electrons. The van der Waals surface area contributed by atoms with Crippen LogP contribution in [0.3, 0.4) is 0 Å². The van der Waals surface area contributed by atoms with Gasteiger partial charge in [-0.1, -0.05) is 60.1 Å². The molecular weight excluding hydrogens is 524 g/mol. The van der Waals surface area contributed by atoms with Crippen LogP contribution in [0.4, 0.5) is 11.4 Å². The van der Waals surface area contributed by atoms with Gasteiger partial charge in [-0.3, -0.25) is 9.97 Å². The molecule has 0 unspecified atom stereocenters. The highest BCUT2D eigenvalue weighted by atomic mass is 35.5. The highest BCUT2D eigenvalue weighted by molar-refractivity contribution is 6.35. The van der Waals surface area contributed by atoms with Crippen molar-refractivity contribution in [3.63, 3.8) is 0 Å². The van der Waals surface area contributed by atoms with Gasteiger partial charge in [-0.2, -0.15) is 5.26 Å². The fourth-order valence-electron chi connectivity index (χ4n) is 4.88. The third kappa shape index (κ3) is 5.07. The number of ether oxygens (including phenoxy) is 1. The Morgan fingerprint density at radius 3 is 2.62 bits per heavy atom. The van der Waals surface area contributed by atoms with Crippen LogP contribution in [0.1, 0.15) is 53.9 Å². The summed E-state index contributed by atoms with van der Waals surface area (Å²) in [7, 11) is 0. The molecule has 6 rings (SSSR count). The molecule has 0 aliphatic carbocycles. The van der Waals surface area contributed by atoms with Crippen molar-refractivity contribution in [2.45, 2.75) is 31.5 Å². The lowest BCUT2D eigenvalue weighted by atomic mass is 10.0. The summed E-state index contributed by atoms with van der Waals surface area (Å²) in [5.41, 5.74) is 5.32. The van der Waals surface area contributed by atoms with E-state index < -0.39 is 0 Å². The van der Waals surface area contributed by atoms with Gasteiger partial charge in [0.1, 0.15) is 17.8 Å². The fraction of sp³-hybridized carbons (Fsp3) is 0.233. The molecule has 1 fully saturated rings. The summed E-state index contributed by atoms with van der Waals surface area (Å²) in [5, 5.41) is 27.2. The Morgan fingerprint density at radius 1 is 1.10 bits per heavy atom. The van der Waals surface area contributed by atoms with Crippen LogP contribution in [-0.4, -0.2) is 38.2 Å². The summed E-state index contributed by atoms with van der Waals surface area (Å²) < 4.78 is 7.17. The molecule has 1 aliphatic rings. The van der Waals surface area contributed by atoms with Gasteiger partial charge in [0.25, 0.3) is 0 Å². The van der Waals surface area contributed by atoms with Crippen molar-refractivity contribution in [2.75, 3.05) is 23.8 Å². The topological polar surface area (TPSA) is 114 Å². The van der Waals surface area contributed by atoms with Gasteiger partial charge in [-0.05, 0) is 35.7 Å². The van der Waals surface area contributed by atoms with Crippen molar-refractivity contribution in [2.24, 2.45) is 0 Å². The van der Waals surface area contributed by atoms with Crippen molar-refractivity contribution in [3.8, 4) is 6.07 Å². The van der Waals surface area contributed by atoms with Crippen LogP contribution in [0.5, 0.6) is 0 Å². The Labute approximate surface area is 236 Å². The molecule has 2 aromatic carbocycles. The summed E-state index contributed by atoms with van der Waals surface area (Å²) in [4.78, 5) is 8.84. The average Bonchev–Trinajstić information content (AvgIpc) is 3.43. The molecule has 2 N–H and O–H groups in total. The number of rotatable bonds is 9. The lowest BCUT2D eigenvalue weighted by molar-refractivity contribution is -0.0293. The molecule has 1 aliphatic heterocycles. The van der Waals surface area contributed by atoms with Gasteiger partial charge in [-0.25, -0.2) is 4.68 Å². The molecule has 5 aromatic rings. The minimum Gasteiger partial charge on any atom is -0.377 e. The van der Waals surface area contributed by atoms with E-state index in [1.54, 1.807) is 18.6 Å². The molecule has 0 saturated carbocycles. The average molecular weight is 551 g/mol. The monoisotopic (exact) mass is 550 g/mol. The molecule has 9 nitrogen and oxygen atoms in total. The predicted molar refractivity (Wildman–Crippen MR) is 154 cm³/mol. The number of fused-ring (bicyclic) bond motifs is 1. The maximum absolute atomic E-state index is 9.98. The molecular formula is C30H27ClN8O. The van der Waals surface area contributed by atoms with Gasteiger partial charge in [0.05, 0.1) is 53.3 Å². The van der Waals surface area contributed by atoms with E-state index in [1.165, 1.54) is 0 Å². The van der Waals surface area contributed by atoms with Crippen molar-refractivity contribution < 1.29 is 4.74 Å². The molecule has 0 amide bonds. The normalized spacial score (nSPS) is 14.7. The summed E-state index contributed by atoms with van der Waals surface area (Å²) >= 11 is 6.79. The zero-order chi connectivity index (χ0) is 27.5. The quantitative estimate of drug-likeness (QED) is 0.227. The van der Waals surface area contributed by atoms with E-state index in [1.807, 2.05) is 53.3 Å². The maximum atomic E-state index is 9.98. The van der Waals surface area contributed by atoms with Gasteiger partial charge in [0.15, 0.2) is 0 Å². The molecule has 0 radical (unpaired) electrons. The molecule has 1 saturated heterocycles. The van der Waals surface area contributed by atoms with Crippen LogP contribution in [0.15, 0.2) is 79.4 Å². The van der Waals surface area contributed by atoms with Gasteiger partial charge >= 0.3 is 0 Å². The number of hydrogen-bond acceptors (Lipinski definition) is 8. The van der Waals surface area contributed by atoms with E-state index in [0.29, 0.717) is 35.0 Å². The van der Waals surface area contributed by atoms with Crippen molar-refractivity contribution >= 4 is 33.9 Å². The van der Waals surface area contributed by atoms with Gasteiger partial charge < -0.3 is 15.4 Å². The molecule has 0 bridgehead atoms. The number of benzene rings is 2. The van der Waals surface area contributed by atoms with Crippen LogP contribution in [0, 0.1) is 11.3 Å². The zero-order valence-corrected chi connectivity index (χ0v) is 22.6. The molecule has 3 aromatic heterocycles. The highest BCUT2D eigenvalue weighted by Gasteiger charge is 2.25. The number of halogens is 1. The van der Waals surface area contributed by atoms with Crippen molar-refractivity contribution in [1.29, 1.82) is 5.26 Å². The van der Waals surface area contributed by atoms with Crippen LogP contribution >= 0.6 is 11.6 Å². The van der Waals surface area contributed by atoms with Crippen LogP contribution in [0.25, 0.3) is 10.9 Å². The maximum Gasteiger partial charge on any atom is 0.110 e. The fourth-order valence-corrected chi connectivity index (χ4v) is 5.15. The number of hydrogen-bond donors (Lipinski definition) is 2. The molecule has 2 atom stereocenters. The minimum absolute atomic E-state index is 0.00274. The summed E-state index contributed by atoms with van der Waals surface area (Å²) in [5.74, 6) is 0. The van der Waals surface area contributed by atoms with Gasteiger partial charge in [-0.15, -0.1) is 5.10 Å². The SMILES string of the molecule is CC[C@@H](Nc1c(C#N)cnc2c(Cl)cc(N[C@@H](c3cccnc3)c3cn(C4COC4)nn3)cc12)c1ccccc1. The smallest absolute Gasteiger partial charge is 0.110 e. The van der Waals surface area contributed by atoms with E-state index in [2.05, 4.69) is 56.0 Å². The first-order chi connectivity index (χ1) is 19.6. The van der Waals surface area contributed by atoms with Gasteiger partial charge in [0.2, 0.25) is 0 Å². The van der Waals surface area contributed by atoms with Gasteiger partial charge in [0, 0.05) is 29.7 Å². The second kappa shape index (κ2) is 11.3. The number of pyridine rings is 2. The standard InChI is InChI=1S/C30H27ClN8O/c1-2-26(19-7-4-3-5-8-19)36-28-21(13-32)15-34-30-24(28)11-22(12-25(30)31)35-29(20-9-6-10-33-14-20)27-16-39(38-37-27)23-17-40-18-23/h3-12,14-16,23,26,29,35H,2,17-18H2,1H3,(H,34,36)/t26-,29+/m1/s1. The van der Waals surface area contributed by atoms with E-state index in [-0.39, 0.29) is 18.1 Å². The first-order valence-corrected chi connectivity index (χ1v) is 13.5.